The maximum atomic E-state index is 11.7. The van der Waals surface area contributed by atoms with Crippen molar-refractivity contribution in [2.24, 2.45) is 0 Å². The summed E-state index contributed by atoms with van der Waals surface area (Å²) >= 11 is 0. The van der Waals surface area contributed by atoms with Crippen molar-refractivity contribution in [2.75, 3.05) is 13.2 Å². The predicted molar refractivity (Wildman–Crippen MR) is 91.5 cm³/mol. The monoisotopic (exact) mass is 327 g/mol. The van der Waals surface area contributed by atoms with Crippen molar-refractivity contribution in [3.05, 3.63) is 54.4 Å². The largest absolute Gasteiger partial charge is 0.466 e. The van der Waals surface area contributed by atoms with Gasteiger partial charge < -0.3 is 10.1 Å². The van der Waals surface area contributed by atoms with Gasteiger partial charge in [0.2, 0.25) is 5.91 Å². The highest BCUT2D eigenvalue weighted by Gasteiger charge is 2.02. The first-order valence-corrected chi connectivity index (χ1v) is 7.90. The number of nitrogens with zero attached hydrogens (tertiary/aromatic N) is 2. The Morgan fingerprint density at radius 3 is 2.83 bits per heavy atom. The second-order valence-corrected chi connectivity index (χ2v) is 5.09. The zero-order valence-corrected chi connectivity index (χ0v) is 13.6. The third-order valence-corrected chi connectivity index (χ3v) is 3.21. The van der Waals surface area contributed by atoms with Crippen molar-refractivity contribution in [2.45, 2.75) is 19.8 Å². The third kappa shape index (κ3) is 5.72. The molecule has 126 valence electrons. The molecular weight excluding hydrogens is 306 g/mol. The van der Waals surface area contributed by atoms with E-state index in [0.29, 0.717) is 26.0 Å². The molecule has 0 atom stereocenters. The number of benzene rings is 1. The Balaban J connectivity index is 1.76. The number of para-hydroxylation sites is 1. The van der Waals surface area contributed by atoms with Gasteiger partial charge >= 0.3 is 5.97 Å². The van der Waals surface area contributed by atoms with Crippen LogP contribution < -0.4 is 5.32 Å². The molecule has 0 fully saturated rings. The first kappa shape index (κ1) is 17.5. The molecule has 6 nitrogen and oxygen atoms in total. The standard InChI is InChI=1S/C18H21N3O3/c1-2-24-18(23)9-6-12-19-17(22)11-10-15-13-20-21(14-15)16-7-4-3-5-8-16/h3-5,7-8,10-11,13-14H,2,6,9,12H2,1H3,(H,19,22)/b11-10+. The summed E-state index contributed by atoms with van der Waals surface area (Å²) in [6.07, 6.45) is 7.56. The van der Waals surface area contributed by atoms with Crippen LogP contribution in [0.1, 0.15) is 25.3 Å². The van der Waals surface area contributed by atoms with Crippen molar-refractivity contribution < 1.29 is 14.3 Å². The summed E-state index contributed by atoms with van der Waals surface area (Å²) in [5.41, 5.74) is 1.79. The van der Waals surface area contributed by atoms with Gasteiger partial charge in [0.1, 0.15) is 0 Å². The summed E-state index contributed by atoms with van der Waals surface area (Å²) in [5.74, 6) is -0.443. The fourth-order valence-corrected chi connectivity index (χ4v) is 2.05. The fourth-order valence-electron chi connectivity index (χ4n) is 2.05. The van der Waals surface area contributed by atoms with Gasteiger partial charge in [-0.15, -0.1) is 0 Å². The van der Waals surface area contributed by atoms with Gasteiger partial charge in [-0.05, 0) is 31.6 Å². The third-order valence-electron chi connectivity index (χ3n) is 3.21. The van der Waals surface area contributed by atoms with Gasteiger partial charge in [0.05, 0.1) is 18.5 Å². The SMILES string of the molecule is CCOC(=O)CCCNC(=O)/C=C/c1cnn(-c2ccccc2)c1. The minimum atomic E-state index is -0.240. The first-order valence-electron chi connectivity index (χ1n) is 7.90. The van der Waals surface area contributed by atoms with E-state index < -0.39 is 0 Å². The molecule has 0 saturated carbocycles. The number of nitrogens with one attached hydrogen (secondary N) is 1. The number of aromatic nitrogens is 2. The Hall–Kier alpha value is -2.89. The smallest absolute Gasteiger partial charge is 0.305 e. The zero-order valence-electron chi connectivity index (χ0n) is 13.6. The van der Waals surface area contributed by atoms with Gasteiger partial charge in [-0.3, -0.25) is 9.59 Å². The summed E-state index contributed by atoms with van der Waals surface area (Å²) in [4.78, 5) is 22.9. The van der Waals surface area contributed by atoms with Gasteiger partial charge in [-0.25, -0.2) is 4.68 Å². The van der Waals surface area contributed by atoms with E-state index in [1.54, 1.807) is 23.9 Å². The Morgan fingerprint density at radius 2 is 2.08 bits per heavy atom. The van der Waals surface area contributed by atoms with Gasteiger partial charge in [0.25, 0.3) is 0 Å². The molecule has 0 aliphatic carbocycles. The van der Waals surface area contributed by atoms with E-state index in [9.17, 15) is 9.59 Å². The first-order chi connectivity index (χ1) is 11.7. The summed E-state index contributed by atoms with van der Waals surface area (Å²) in [6.45, 7) is 2.58. The second-order valence-electron chi connectivity index (χ2n) is 5.09. The lowest BCUT2D eigenvalue weighted by atomic mass is 10.3. The lowest BCUT2D eigenvalue weighted by Crippen LogP contribution is -2.22. The lowest BCUT2D eigenvalue weighted by Gasteiger charge is -2.02. The van der Waals surface area contributed by atoms with Gasteiger partial charge in [0.15, 0.2) is 0 Å². The Labute approximate surface area is 141 Å². The van der Waals surface area contributed by atoms with Crippen molar-refractivity contribution in [1.29, 1.82) is 0 Å². The van der Waals surface area contributed by atoms with Gasteiger partial charge in [-0.1, -0.05) is 18.2 Å². The van der Waals surface area contributed by atoms with Crippen LogP contribution in [0, 0.1) is 0 Å². The van der Waals surface area contributed by atoms with Gasteiger partial charge in [0, 0.05) is 30.8 Å². The molecule has 0 aliphatic rings. The molecule has 1 aromatic carbocycles. The predicted octanol–water partition coefficient (Wildman–Crippen LogP) is 2.35. The number of amides is 1. The number of rotatable bonds is 8. The number of carbonyl (C=O) groups excluding carboxylic acids is 2. The van der Waals surface area contributed by atoms with Crippen molar-refractivity contribution in [1.82, 2.24) is 15.1 Å². The number of esters is 1. The highest BCUT2D eigenvalue weighted by molar-refractivity contribution is 5.91. The Bertz CT molecular complexity index is 693. The number of hydrogen-bond donors (Lipinski definition) is 1. The zero-order chi connectivity index (χ0) is 17.2. The van der Waals surface area contributed by atoms with Crippen LogP contribution in [0.3, 0.4) is 0 Å². The van der Waals surface area contributed by atoms with E-state index in [1.165, 1.54) is 6.08 Å². The quantitative estimate of drug-likeness (QED) is 0.459. The molecule has 0 spiro atoms. The molecule has 1 amide bonds. The topological polar surface area (TPSA) is 73.2 Å². The maximum absolute atomic E-state index is 11.7. The van der Waals surface area contributed by atoms with Crippen molar-refractivity contribution >= 4 is 18.0 Å². The average Bonchev–Trinajstić information content (AvgIpc) is 3.07. The summed E-state index contributed by atoms with van der Waals surface area (Å²) in [5, 5.41) is 6.99. The molecule has 0 saturated heterocycles. The molecule has 0 unspecified atom stereocenters. The molecule has 6 heteroatoms. The Kier molecular flexibility index (Phi) is 6.76. The lowest BCUT2D eigenvalue weighted by molar-refractivity contribution is -0.143. The molecular formula is C18H21N3O3. The minimum Gasteiger partial charge on any atom is -0.466 e. The molecule has 0 aliphatic heterocycles. The molecule has 2 rings (SSSR count). The fraction of sp³-hybridized carbons (Fsp3) is 0.278. The average molecular weight is 327 g/mol. The molecule has 0 radical (unpaired) electrons. The van der Waals surface area contributed by atoms with Crippen LogP contribution in [0.15, 0.2) is 48.8 Å². The number of ether oxygens (including phenoxy) is 1. The van der Waals surface area contributed by atoms with E-state index >= 15 is 0 Å². The van der Waals surface area contributed by atoms with E-state index in [2.05, 4.69) is 10.4 Å². The molecule has 0 bridgehead atoms. The van der Waals surface area contributed by atoms with Crippen LogP contribution >= 0.6 is 0 Å². The summed E-state index contributed by atoms with van der Waals surface area (Å²) in [6, 6.07) is 9.74. The molecule has 1 N–H and O–H groups in total. The van der Waals surface area contributed by atoms with Crippen LogP contribution in [0.5, 0.6) is 0 Å². The molecule has 1 aromatic heterocycles. The van der Waals surface area contributed by atoms with Crippen LogP contribution in [0.2, 0.25) is 0 Å². The molecule has 2 aromatic rings. The number of carbonyl (C=O) groups is 2. The van der Waals surface area contributed by atoms with Crippen molar-refractivity contribution in [3.8, 4) is 5.69 Å². The van der Waals surface area contributed by atoms with Crippen LogP contribution in [-0.4, -0.2) is 34.8 Å². The highest BCUT2D eigenvalue weighted by atomic mass is 16.5. The highest BCUT2D eigenvalue weighted by Crippen LogP contribution is 2.08. The molecule has 1 heterocycles. The van der Waals surface area contributed by atoms with Gasteiger partial charge in [-0.2, -0.15) is 5.10 Å². The normalized spacial score (nSPS) is 10.7. The Morgan fingerprint density at radius 1 is 1.29 bits per heavy atom. The summed E-state index contributed by atoms with van der Waals surface area (Å²) in [7, 11) is 0. The van der Waals surface area contributed by atoms with E-state index in [-0.39, 0.29) is 11.9 Å². The second kappa shape index (κ2) is 9.29. The summed E-state index contributed by atoms with van der Waals surface area (Å²) < 4.78 is 6.57. The minimum absolute atomic E-state index is 0.202. The van der Waals surface area contributed by atoms with E-state index in [4.69, 9.17) is 4.74 Å². The van der Waals surface area contributed by atoms with Crippen LogP contribution in [-0.2, 0) is 14.3 Å². The van der Waals surface area contributed by atoms with Crippen molar-refractivity contribution in [3.63, 3.8) is 0 Å². The number of hydrogen-bond acceptors (Lipinski definition) is 4. The molecule has 24 heavy (non-hydrogen) atoms. The van der Waals surface area contributed by atoms with Crippen LogP contribution in [0.4, 0.5) is 0 Å². The van der Waals surface area contributed by atoms with Crippen LogP contribution in [0.25, 0.3) is 11.8 Å². The van der Waals surface area contributed by atoms with E-state index in [0.717, 1.165) is 11.3 Å². The van der Waals surface area contributed by atoms with E-state index in [1.807, 2.05) is 36.5 Å². The maximum Gasteiger partial charge on any atom is 0.305 e.